The molecule has 3 nitrogen and oxygen atoms in total. The van der Waals surface area contributed by atoms with Gasteiger partial charge in [-0.25, -0.2) is 0 Å². The Kier molecular flexibility index (Phi) is 4.08. The Morgan fingerprint density at radius 3 is 2.95 bits per heavy atom. The molecule has 0 atom stereocenters. The second-order valence-corrected chi connectivity index (χ2v) is 5.84. The summed E-state index contributed by atoms with van der Waals surface area (Å²) in [6.07, 6.45) is 5.38. The molecule has 0 N–H and O–H groups in total. The van der Waals surface area contributed by atoms with Gasteiger partial charge < -0.3 is 4.57 Å². The van der Waals surface area contributed by atoms with Gasteiger partial charge >= 0.3 is 0 Å². The second-order valence-electron chi connectivity index (χ2n) is 4.39. The van der Waals surface area contributed by atoms with Crippen molar-refractivity contribution < 1.29 is 4.79 Å². The minimum atomic E-state index is -0.150. The van der Waals surface area contributed by atoms with E-state index in [0.717, 1.165) is 10.2 Å². The number of terminal acetylenes is 1. The van der Waals surface area contributed by atoms with Crippen LogP contribution >= 0.6 is 22.9 Å². The molecule has 0 aliphatic rings. The first-order valence-corrected chi connectivity index (χ1v) is 7.03. The van der Waals surface area contributed by atoms with E-state index in [0.29, 0.717) is 16.4 Å². The maximum Gasteiger partial charge on any atom is 0.250 e. The number of fused-ring (bicyclic) bond motifs is 1. The van der Waals surface area contributed by atoms with E-state index in [4.69, 9.17) is 18.0 Å². The van der Waals surface area contributed by atoms with Crippen LogP contribution in [0.2, 0.25) is 5.02 Å². The fourth-order valence-corrected chi connectivity index (χ4v) is 2.91. The first-order chi connectivity index (χ1) is 9.02. The largest absolute Gasteiger partial charge is 0.305 e. The lowest BCUT2D eigenvalue weighted by atomic mass is 10.2. The van der Waals surface area contributed by atoms with Gasteiger partial charge in [-0.05, 0) is 18.2 Å². The smallest absolute Gasteiger partial charge is 0.250 e. The molecule has 19 heavy (non-hydrogen) atoms. The highest BCUT2D eigenvalue weighted by Crippen LogP contribution is 2.21. The Balaban J connectivity index is 2.70. The van der Waals surface area contributed by atoms with E-state index in [9.17, 15) is 4.79 Å². The third-order valence-electron chi connectivity index (χ3n) is 2.59. The second kappa shape index (κ2) is 5.60. The van der Waals surface area contributed by atoms with Crippen molar-refractivity contribution in [3.63, 3.8) is 0 Å². The van der Waals surface area contributed by atoms with Crippen molar-refractivity contribution in [2.24, 2.45) is 10.9 Å². The Morgan fingerprint density at radius 2 is 2.32 bits per heavy atom. The molecule has 2 rings (SSSR count). The summed E-state index contributed by atoms with van der Waals surface area (Å²) in [6, 6.07) is 5.55. The number of carbonyl (C=O) groups is 1. The van der Waals surface area contributed by atoms with E-state index in [1.165, 1.54) is 11.3 Å². The van der Waals surface area contributed by atoms with Crippen molar-refractivity contribution in [1.29, 1.82) is 0 Å². The van der Waals surface area contributed by atoms with Crippen LogP contribution in [0.5, 0.6) is 0 Å². The zero-order valence-corrected chi connectivity index (χ0v) is 12.3. The van der Waals surface area contributed by atoms with E-state index in [1.807, 2.05) is 30.5 Å². The third kappa shape index (κ3) is 2.89. The number of amides is 1. The molecule has 0 unspecified atom stereocenters. The molecule has 1 aromatic heterocycles. The highest BCUT2D eigenvalue weighted by atomic mass is 35.5. The summed E-state index contributed by atoms with van der Waals surface area (Å²) in [7, 11) is 0. The van der Waals surface area contributed by atoms with Crippen molar-refractivity contribution in [1.82, 2.24) is 4.57 Å². The third-order valence-corrected chi connectivity index (χ3v) is 3.87. The first kappa shape index (κ1) is 13.9. The number of benzene rings is 1. The molecule has 0 saturated carbocycles. The molecule has 0 spiro atoms. The van der Waals surface area contributed by atoms with Crippen LogP contribution in [0.25, 0.3) is 10.2 Å². The molecule has 1 amide bonds. The molecule has 0 aliphatic heterocycles. The average Bonchev–Trinajstić information content (AvgIpc) is 2.67. The van der Waals surface area contributed by atoms with E-state index < -0.39 is 0 Å². The fraction of sp³-hybridized carbons (Fsp3) is 0.286. The molecule has 1 heterocycles. The summed E-state index contributed by atoms with van der Waals surface area (Å²) in [5.74, 6) is 2.30. The van der Waals surface area contributed by atoms with Crippen LogP contribution in [-0.2, 0) is 11.3 Å². The standard InChI is InChI=1S/C14H13ClN2OS/c1-4-7-17-11-6-5-10(15)8-12(11)19-14(17)16-13(18)9(2)3/h1,5-6,8-9H,7H2,2-3H3. The van der Waals surface area contributed by atoms with E-state index in [-0.39, 0.29) is 11.8 Å². The summed E-state index contributed by atoms with van der Waals surface area (Å²) < 4.78 is 2.83. The summed E-state index contributed by atoms with van der Waals surface area (Å²) in [6.45, 7) is 4.02. The molecular weight excluding hydrogens is 280 g/mol. The summed E-state index contributed by atoms with van der Waals surface area (Å²) >= 11 is 7.39. The predicted molar refractivity (Wildman–Crippen MR) is 79.1 cm³/mol. The van der Waals surface area contributed by atoms with E-state index in [2.05, 4.69) is 10.9 Å². The molecule has 5 heteroatoms. The van der Waals surface area contributed by atoms with Crippen molar-refractivity contribution >= 4 is 39.1 Å². The topological polar surface area (TPSA) is 34.4 Å². The molecule has 0 fully saturated rings. The minimum Gasteiger partial charge on any atom is -0.305 e. The molecule has 0 saturated heterocycles. The number of thiazole rings is 1. The van der Waals surface area contributed by atoms with Gasteiger partial charge in [-0.3, -0.25) is 4.79 Å². The van der Waals surface area contributed by atoms with Gasteiger partial charge in [0, 0.05) is 10.9 Å². The van der Waals surface area contributed by atoms with Gasteiger partial charge in [0.25, 0.3) is 5.91 Å². The van der Waals surface area contributed by atoms with E-state index >= 15 is 0 Å². The van der Waals surface area contributed by atoms with Crippen LogP contribution in [0, 0.1) is 18.3 Å². The lowest BCUT2D eigenvalue weighted by Crippen LogP contribution is -2.18. The number of nitrogens with zero attached hydrogens (tertiary/aromatic N) is 2. The van der Waals surface area contributed by atoms with Crippen LogP contribution in [0.4, 0.5) is 0 Å². The molecule has 0 bridgehead atoms. The number of rotatable bonds is 2. The lowest BCUT2D eigenvalue weighted by Gasteiger charge is -2.00. The Labute approximate surface area is 120 Å². The minimum absolute atomic E-state index is 0.131. The van der Waals surface area contributed by atoms with Crippen molar-refractivity contribution in [2.45, 2.75) is 20.4 Å². The van der Waals surface area contributed by atoms with Gasteiger partial charge in [-0.15, -0.1) is 6.42 Å². The van der Waals surface area contributed by atoms with Gasteiger partial charge in [0.1, 0.15) is 0 Å². The van der Waals surface area contributed by atoms with Gasteiger partial charge in [0.05, 0.1) is 16.8 Å². The van der Waals surface area contributed by atoms with Crippen LogP contribution in [0.15, 0.2) is 23.2 Å². The van der Waals surface area contributed by atoms with Crippen molar-refractivity contribution in [3.8, 4) is 12.3 Å². The SMILES string of the molecule is C#CCn1c(=NC(=O)C(C)C)sc2cc(Cl)ccc21. The number of aromatic nitrogens is 1. The van der Waals surface area contributed by atoms with Crippen LogP contribution < -0.4 is 4.80 Å². The molecular formula is C14H13ClN2OS. The molecule has 1 aromatic carbocycles. The van der Waals surface area contributed by atoms with Crippen molar-refractivity contribution in [3.05, 3.63) is 28.0 Å². The number of hydrogen-bond donors (Lipinski definition) is 0. The fourth-order valence-electron chi connectivity index (χ4n) is 1.60. The molecule has 0 aliphatic carbocycles. The molecule has 2 aromatic rings. The number of halogens is 1. The van der Waals surface area contributed by atoms with Gasteiger partial charge in [0.2, 0.25) is 0 Å². The summed E-state index contributed by atoms with van der Waals surface area (Å²) in [4.78, 5) is 16.5. The lowest BCUT2D eigenvalue weighted by molar-refractivity contribution is -0.120. The van der Waals surface area contributed by atoms with Gasteiger partial charge in [-0.2, -0.15) is 4.99 Å². The highest BCUT2D eigenvalue weighted by molar-refractivity contribution is 7.16. The highest BCUT2D eigenvalue weighted by Gasteiger charge is 2.09. The van der Waals surface area contributed by atoms with Crippen LogP contribution in [0.3, 0.4) is 0 Å². The Bertz CT molecular complexity index is 734. The van der Waals surface area contributed by atoms with Gasteiger partial charge in [-0.1, -0.05) is 42.7 Å². The normalized spacial score (nSPS) is 12.1. The monoisotopic (exact) mass is 292 g/mol. The summed E-state index contributed by atoms with van der Waals surface area (Å²) in [5.41, 5.74) is 0.947. The maximum absolute atomic E-state index is 11.8. The number of carbonyl (C=O) groups excluding carboxylic acids is 1. The van der Waals surface area contributed by atoms with Crippen LogP contribution in [0.1, 0.15) is 13.8 Å². The zero-order valence-electron chi connectivity index (χ0n) is 10.7. The average molecular weight is 293 g/mol. The Hall–Kier alpha value is -1.57. The first-order valence-electron chi connectivity index (χ1n) is 5.84. The zero-order chi connectivity index (χ0) is 14.0. The summed E-state index contributed by atoms with van der Waals surface area (Å²) in [5, 5.41) is 0.656. The maximum atomic E-state index is 11.8. The molecule has 98 valence electrons. The quantitative estimate of drug-likeness (QED) is 0.783. The van der Waals surface area contributed by atoms with E-state index in [1.54, 1.807) is 6.07 Å². The Morgan fingerprint density at radius 1 is 1.58 bits per heavy atom. The predicted octanol–water partition coefficient (Wildman–Crippen LogP) is 3.07. The van der Waals surface area contributed by atoms with Crippen LogP contribution in [-0.4, -0.2) is 10.5 Å². The van der Waals surface area contributed by atoms with Gasteiger partial charge in [0.15, 0.2) is 4.80 Å². The molecule has 0 radical (unpaired) electrons. The number of hydrogen-bond acceptors (Lipinski definition) is 2. The van der Waals surface area contributed by atoms with Crippen molar-refractivity contribution in [2.75, 3.05) is 0 Å².